The summed E-state index contributed by atoms with van der Waals surface area (Å²) in [6.07, 6.45) is 1.77. The number of fused-ring (bicyclic) bond motifs is 1. The summed E-state index contributed by atoms with van der Waals surface area (Å²) in [5.41, 5.74) is 9.15. The Hall–Kier alpha value is -2.51. The molecule has 136 valence electrons. The number of para-hydroxylation sites is 1. The van der Waals surface area contributed by atoms with Crippen LogP contribution in [0.2, 0.25) is 0 Å². The van der Waals surface area contributed by atoms with Crippen LogP contribution in [0, 0.1) is 0 Å². The molecule has 0 aliphatic carbocycles. The Balaban J connectivity index is 1.73. The molecule has 1 aromatic carbocycles. The normalized spacial score (nSPS) is 26.4. The van der Waals surface area contributed by atoms with E-state index >= 15 is 0 Å². The molecule has 0 saturated carbocycles. The molecule has 4 amide bonds. The first-order chi connectivity index (χ1) is 12.5. The molecule has 9 heteroatoms. The lowest BCUT2D eigenvalue weighted by Gasteiger charge is -2.32. The van der Waals surface area contributed by atoms with Crippen molar-refractivity contribution >= 4 is 35.3 Å². The molecule has 26 heavy (non-hydrogen) atoms. The van der Waals surface area contributed by atoms with Crippen LogP contribution in [0.25, 0.3) is 5.53 Å². The van der Waals surface area contributed by atoms with Crippen LogP contribution in [0.3, 0.4) is 0 Å². The maximum Gasteiger partial charge on any atom is 0.712 e. The number of hydrogen-bond donors (Lipinski definition) is 3. The summed E-state index contributed by atoms with van der Waals surface area (Å²) in [6, 6.07) is 8.53. The van der Waals surface area contributed by atoms with E-state index in [1.165, 1.54) is 11.8 Å². The highest BCUT2D eigenvalue weighted by molar-refractivity contribution is 8.01. The second-order valence-corrected chi connectivity index (χ2v) is 7.77. The van der Waals surface area contributed by atoms with Crippen molar-refractivity contribution in [2.75, 3.05) is 11.1 Å². The summed E-state index contributed by atoms with van der Waals surface area (Å²) in [7, 11) is 0. The highest BCUT2D eigenvalue weighted by atomic mass is 32.2. The van der Waals surface area contributed by atoms with E-state index in [2.05, 4.69) is 21.1 Å². The molecule has 3 N–H and O–H groups in total. The van der Waals surface area contributed by atoms with Crippen molar-refractivity contribution in [1.29, 1.82) is 0 Å². The van der Waals surface area contributed by atoms with Gasteiger partial charge in [-0.05, 0) is 25.0 Å². The predicted octanol–water partition coefficient (Wildman–Crippen LogP) is 1.61. The molecular formula is C17H20N5O3S+. The number of anilines is 1. The largest absolute Gasteiger partial charge is 0.712 e. The topological polar surface area (TPSA) is 124 Å². The minimum absolute atomic E-state index is 0.0944. The molecular weight excluding hydrogens is 354 g/mol. The van der Waals surface area contributed by atoms with E-state index < -0.39 is 10.7 Å². The van der Waals surface area contributed by atoms with Gasteiger partial charge in [-0.25, -0.2) is 4.79 Å². The second kappa shape index (κ2) is 7.80. The molecule has 0 spiro atoms. The number of thioether (sulfide) groups is 1. The molecule has 0 unspecified atom stereocenters. The number of urea groups is 1. The van der Waals surface area contributed by atoms with Crippen LogP contribution in [-0.4, -0.2) is 40.4 Å². The van der Waals surface area contributed by atoms with Crippen molar-refractivity contribution in [3.05, 3.63) is 35.9 Å². The van der Waals surface area contributed by atoms with Gasteiger partial charge in [-0.2, -0.15) is 4.79 Å². The van der Waals surface area contributed by atoms with Crippen molar-refractivity contribution in [1.82, 2.24) is 15.7 Å². The second-order valence-electron chi connectivity index (χ2n) is 6.42. The Morgan fingerprint density at radius 2 is 2.04 bits per heavy atom. The van der Waals surface area contributed by atoms with Gasteiger partial charge >= 0.3 is 11.9 Å². The average Bonchev–Trinajstić information content (AvgIpc) is 3.17. The molecule has 3 atom stereocenters. The maximum absolute atomic E-state index is 13.1. The zero-order chi connectivity index (χ0) is 18.6. The van der Waals surface area contributed by atoms with E-state index in [0.29, 0.717) is 30.7 Å². The molecule has 8 nitrogen and oxygen atoms in total. The Bertz CT molecular complexity index is 714. The number of rotatable bonds is 7. The van der Waals surface area contributed by atoms with Gasteiger partial charge < -0.3 is 16.0 Å². The molecule has 2 saturated heterocycles. The van der Waals surface area contributed by atoms with Gasteiger partial charge in [0.25, 0.3) is 5.11 Å². The first-order valence-corrected chi connectivity index (χ1v) is 9.49. The van der Waals surface area contributed by atoms with Crippen LogP contribution >= 0.6 is 11.8 Å². The minimum atomic E-state index is -0.806. The smallest absolute Gasteiger partial charge is 0.332 e. The van der Waals surface area contributed by atoms with Gasteiger partial charge in [0, 0.05) is 11.4 Å². The van der Waals surface area contributed by atoms with E-state index in [4.69, 9.17) is 5.53 Å². The molecule has 0 radical (unpaired) electrons. The lowest BCUT2D eigenvalue weighted by atomic mass is 9.88. The van der Waals surface area contributed by atoms with Crippen LogP contribution in [-0.2, 0) is 9.59 Å². The minimum Gasteiger partial charge on any atom is -0.332 e. The summed E-state index contributed by atoms with van der Waals surface area (Å²) in [6.45, 7) is 0. The molecule has 2 fully saturated rings. The van der Waals surface area contributed by atoms with Crippen LogP contribution in [0.1, 0.15) is 25.7 Å². The quantitative estimate of drug-likeness (QED) is 0.381. The number of unbranched alkanes of at least 4 members (excludes halogenated alkanes) is 1. The van der Waals surface area contributed by atoms with Crippen molar-refractivity contribution < 1.29 is 14.4 Å². The molecule has 2 aliphatic rings. The number of nitrogens with one attached hydrogen (secondary N) is 3. The van der Waals surface area contributed by atoms with Gasteiger partial charge in [0.15, 0.2) is 0 Å². The van der Waals surface area contributed by atoms with E-state index in [1.807, 2.05) is 30.3 Å². The summed E-state index contributed by atoms with van der Waals surface area (Å²) in [5, 5.41) is 11.3. The third-order valence-electron chi connectivity index (χ3n) is 4.74. The van der Waals surface area contributed by atoms with E-state index in [-0.39, 0.29) is 30.4 Å². The number of benzene rings is 1. The number of amides is 4. The average molecular weight is 374 g/mol. The Morgan fingerprint density at radius 1 is 1.27 bits per heavy atom. The summed E-state index contributed by atoms with van der Waals surface area (Å²) in [5.74, 6) is -0.0692. The van der Waals surface area contributed by atoms with Gasteiger partial charge in [-0.1, -0.05) is 30.2 Å². The van der Waals surface area contributed by atoms with Gasteiger partial charge in [0.2, 0.25) is 5.91 Å². The monoisotopic (exact) mass is 374 g/mol. The molecule has 0 aromatic heterocycles. The van der Waals surface area contributed by atoms with Crippen molar-refractivity contribution in [2.24, 2.45) is 0 Å². The van der Waals surface area contributed by atoms with Gasteiger partial charge in [0.1, 0.15) is 11.2 Å². The zero-order valence-corrected chi connectivity index (χ0v) is 14.9. The van der Waals surface area contributed by atoms with Gasteiger partial charge in [0.05, 0.1) is 12.1 Å². The number of carbonyl (C=O) groups excluding carboxylic acids is 3. The fourth-order valence-electron chi connectivity index (χ4n) is 3.46. The summed E-state index contributed by atoms with van der Waals surface area (Å²) >= 11 is 1.53. The van der Waals surface area contributed by atoms with E-state index in [1.54, 1.807) is 0 Å². The summed E-state index contributed by atoms with van der Waals surface area (Å²) in [4.78, 5) is 36.0. The predicted molar refractivity (Wildman–Crippen MR) is 98.5 cm³/mol. The number of carbonyl (C=O) groups is 3. The lowest BCUT2D eigenvalue weighted by Crippen LogP contribution is -2.54. The van der Waals surface area contributed by atoms with Gasteiger partial charge in [-0.15, -0.1) is 11.8 Å². The van der Waals surface area contributed by atoms with Crippen LogP contribution in [0.15, 0.2) is 30.3 Å². The first kappa shape index (κ1) is 18.3. The SMILES string of the molecule is [N-]=[N+2]C(=O)CCCC[C@]1(C(=O)Nc2ccccc2)SC[C@@H]2NC(=O)N[C@@H]21. The molecule has 1 aromatic rings. The van der Waals surface area contributed by atoms with Gasteiger partial charge in [-0.3, -0.25) is 4.79 Å². The van der Waals surface area contributed by atoms with Crippen LogP contribution < -0.4 is 21.1 Å². The number of nitrogens with zero attached hydrogens (tertiary/aromatic N) is 2. The summed E-state index contributed by atoms with van der Waals surface area (Å²) < 4.78 is -0.806. The van der Waals surface area contributed by atoms with Crippen molar-refractivity contribution in [3.63, 3.8) is 0 Å². The Kier molecular flexibility index (Phi) is 5.49. The standard InChI is InChI=1S/C17H20N5O3S/c18-22-13(23)8-4-5-9-17(14-12(10-26-17)20-16(25)21-14)15(24)19-11-6-2-1-3-7-11/h1-3,6-7,12,14H,4-5,8-10H2,(H,19,24)(H2,20,21,25)/q+1/t12-,14-,17-/m0/s1. The molecule has 2 aliphatic heterocycles. The maximum atomic E-state index is 13.1. The van der Waals surface area contributed by atoms with Crippen LogP contribution in [0.5, 0.6) is 0 Å². The fraction of sp³-hybridized carbons (Fsp3) is 0.471. The highest BCUT2D eigenvalue weighted by Crippen LogP contribution is 2.44. The van der Waals surface area contributed by atoms with Crippen molar-refractivity contribution in [2.45, 2.75) is 42.5 Å². The highest BCUT2D eigenvalue weighted by Gasteiger charge is 2.57. The Labute approximate surface area is 155 Å². The third-order valence-corrected chi connectivity index (χ3v) is 6.43. The Morgan fingerprint density at radius 3 is 2.77 bits per heavy atom. The lowest BCUT2D eigenvalue weighted by molar-refractivity contribution is -0.119. The molecule has 0 bridgehead atoms. The van der Waals surface area contributed by atoms with Crippen LogP contribution in [0.4, 0.5) is 10.5 Å². The third kappa shape index (κ3) is 3.68. The van der Waals surface area contributed by atoms with Crippen molar-refractivity contribution in [3.8, 4) is 0 Å². The molecule has 2 heterocycles. The number of hydrogen-bond acceptors (Lipinski definition) is 4. The fourth-order valence-corrected chi connectivity index (χ4v) is 5.09. The van der Waals surface area contributed by atoms with E-state index in [9.17, 15) is 14.4 Å². The first-order valence-electron chi connectivity index (χ1n) is 8.50. The van der Waals surface area contributed by atoms with E-state index in [0.717, 1.165) is 0 Å². The zero-order valence-electron chi connectivity index (χ0n) is 14.1. The molecule has 3 rings (SSSR count).